The second-order valence-corrected chi connectivity index (χ2v) is 7.61. The molecule has 0 bridgehead atoms. The number of fused-ring (bicyclic) bond motifs is 1. The fourth-order valence-electron chi connectivity index (χ4n) is 3.60. The van der Waals surface area contributed by atoms with Crippen LogP contribution in [-0.4, -0.2) is 25.6 Å². The highest BCUT2D eigenvalue weighted by molar-refractivity contribution is 5.99. The molecule has 1 heterocycles. The van der Waals surface area contributed by atoms with Crippen LogP contribution in [0.1, 0.15) is 41.8 Å². The van der Waals surface area contributed by atoms with Gasteiger partial charge in [-0.1, -0.05) is 19.9 Å². The Labute approximate surface area is 160 Å². The lowest BCUT2D eigenvalue weighted by Gasteiger charge is -2.37. The van der Waals surface area contributed by atoms with E-state index in [0.29, 0.717) is 29.5 Å². The van der Waals surface area contributed by atoms with E-state index >= 15 is 0 Å². The Kier molecular flexibility index (Phi) is 4.73. The molecule has 148 valence electrons. The molecule has 1 amide bonds. The summed E-state index contributed by atoms with van der Waals surface area (Å²) in [5.74, 6) is -0.452. The van der Waals surface area contributed by atoms with Gasteiger partial charge in [-0.3, -0.25) is 9.59 Å². The van der Waals surface area contributed by atoms with Crippen molar-refractivity contribution in [3.8, 4) is 16.9 Å². The molecule has 2 aromatic rings. The van der Waals surface area contributed by atoms with Crippen LogP contribution in [0.2, 0.25) is 0 Å². The van der Waals surface area contributed by atoms with Crippen molar-refractivity contribution in [1.82, 2.24) is 0 Å². The molecule has 28 heavy (non-hydrogen) atoms. The Morgan fingerprint density at radius 3 is 2.43 bits per heavy atom. The van der Waals surface area contributed by atoms with Gasteiger partial charge >= 0.3 is 6.36 Å². The van der Waals surface area contributed by atoms with Crippen LogP contribution in [0.4, 0.5) is 18.9 Å². The van der Waals surface area contributed by atoms with Crippen molar-refractivity contribution in [2.24, 2.45) is 0 Å². The Hall–Kier alpha value is -2.83. The minimum absolute atomic E-state index is 0.0444. The van der Waals surface area contributed by atoms with Gasteiger partial charge in [-0.2, -0.15) is 0 Å². The molecule has 0 atom stereocenters. The Morgan fingerprint density at radius 2 is 1.82 bits per heavy atom. The Bertz CT molecular complexity index is 964. The highest BCUT2D eigenvalue weighted by Gasteiger charge is 2.36. The normalized spacial score (nSPS) is 16.0. The minimum atomic E-state index is -4.83. The predicted octanol–water partition coefficient (Wildman–Crippen LogP) is 5.02. The van der Waals surface area contributed by atoms with Crippen molar-refractivity contribution in [3.63, 3.8) is 0 Å². The molecular weight excluding hydrogens is 371 g/mol. The maximum Gasteiger partial charge on any atom is 0.573 e. The van der Waals surface area contributed by atoms with Gasteiger partial charge in [0.2, 0.25) is 5.91 Å². The summed E-state index contributed by atoms with van der Waals surface area (Å²) in [7, 11) is 1.67. The van der Waals surface area contributed by atoms with E-state index in [9.17, 15) is 22.8 Å². The summed E-state index contributed by atoms with van der Waals surface area (Å²) in [6.07, 6.45) is -3.88. The van der Waals surface area contributed by atoms with Crippen molar-refractivity contribution in [2.75, 3.05) is 11.9 Å². The van der Waals surface area contributed by atoms with Gasteiger partial charge in [0.25, 0.3) is 0 Å². The van der Waals surface area contributed by atoms with Crippen LogP contribution in [0.5, 0.6) is 5.75 Å². The summed E-state index contributed by atoms with van der Waals surface area (Å²) in [4.78, 5) is 25.4. The number of hydrogen-bond acceptors (Lipinski definition) is 3. The van der Waals surface area contributed by atoms with Crippen LogP contribution >= 0.6 is 0 Å². The number of aldehydes is 1. The van der Waals surface area contributed by atoms with Crippen molar-refractivity contribution < 1.29 is 27.5 Å². The summed E-state index contributed by atoms with van der Waals surface area (Å²) in [5.41, 5.74) is 3.22. The van der Waals surface area contributed by atoms with E-state index in [1.807, 2.05) is 26.8 Å². The standard InChI is InChI=1S/C21H20F3NO3/c1-12-7-17-18(25(4)19(27)10-20(17,2)3)9-15(12)16-8-14(28-21(22,23)24)6-5-13(16)11-26/h5-9,11H,10H2,1-4H3. The molecule has 0 saturated carbocycles. The minimum Gasteiger partial charge on any atom is -0.406 e. The van der Waals surface area contributed by atoms with Gasteiger partial charge in [0.05, 0.1) is 0 Å². The smallest absolute Gasteiger partial charge is 0.406 e. The third-order valence-corrected chi connectivity index (χ3v) is 5.08. The van der Waals surface area contributed by atoms with Crippen LogP contribution in [0, 0.1) is 6.92 Å². The van der Waals surface area contributed by atoms with Crippen molar-refractivity contribution in [2.45, 2.75) is 39.0 Å². The number of hydrogen-bond donors (Lipinski definition) is 0. The average Bonchev–Trinajstić information content (AvgIpc) is 2.58. The second-order valence-electron chi connectivity index (χ2n) is 7.61. The number of rotatable bonds is 3. The van der Waals surface area contributed by atoms with E-state index in [0.717, 1.165) is 17.2 Å². The highest BCUT2D eigenvalue weighted by Crippen LogP contribution is 2.43. The van der Waals surface area contributed by atoms with Crippen LogP contribution < -0.4 is 9.64 Å². The van der Waals surface area contributed by atoms with E-state index in [4.69, 9.17) is 0 Å². The van der Waals surface area contributed by atoms with E-state index in [2.05, 4.69) is 4.74 Å². The number of ether oxygens (including phenoxy) is 1. The molecule has 0 saturated heterocycles. The molecule has 1 aliphatic rings. The second kappa shape index (κ2) is 6.65. The molecule has 0 unspecified atom stereocenters. The predicted molar refractivity (Wildman–Crippen MR) is 99.7 cm³/mol. The topological polar surface area (TPSA) is 46.6 Å². The van der Waals surface area contributed by atoms with E-state index in [1.165, 1.54) is 12.1 Å². The van der Waals surface area contributed by atoms with Crippen LogP contribution in [0.3, 0.4) is 0 Å². The summed E-state index contributed by atoms with van der Waals surface area (Å²) >= 11 is 0. The molecule has 3 rings (SSSR count). The molecule has 4 nitrogen and oxygen atoms in total. The van der Waals surface area contributed by atoms with Gasteiger partial charge in [0.15, 0.2) is 6.29 Å². The number of carbonyl (C=O) groups is 2. The van der Waals surface area contributed by atoms with Crippen molar-refractivity contribution in [1.29, 1.82) is 0 Å². The molecule has 0 radical (unpaired) electrons. The molecular formula is C21H20F3NO3. The van der Waals surface area contributed by atoms with Crippen LogP contribution in [-0.2, 0) is 10.2 Å². The Balaban J connectivity index is 2.21. The van der Waals surface area contributed by atoms with Gasteiger partial charge in [0, 0.05) is 30.1 Å². The molecule has 0 N–H and O–H groups in total. The zero-order valence-electron chi connectivity index (χ0n) is 16.0. The zero-order chi connectivity index (χ0) is 20.9. The Morgan fingerprint density at radius 1 is 1.14 bits per heavy atom. The van der Waals surface area contributed by atoms with E-state index in [-0.39, 0.29) is 16.9 Å². The first kappa shape index (κ1) is 19.9. The maximum atomic E-state index is 12.6. The summed E-state index contributed by atoms with van der Waals surface area (Å²) in [6.45, 7) is 5.78. The number of amides is 1. The summed E-state index contributed by atoms with van der Waals surface area (Å²) in [6, 6.07) is 7.28. The molecule has 2 aromatic carbocycles. The lowest BCUT2D eigenvalue weighted by molar-refractivity contribution is -0.274. The van der Waals surface area contributed by atoms with Crippen LogP contribution in [0.15, 0.2) is 30.3 Å². The summed E-state index contributed by atoms with van der Waals surface area (Å²) in [5, 5.41) is 0. The van der Waals surface area contributed by atoms with Gasteiger partial charge in [-0.25, -0.2) is 0 Å². The molecule has 0 aromatic heterocycles. The molecule has 1 aliphatic heterocycles. The third-order valence-electron chi connectivity index (χ3n) is 5.08. The first-order valence-electron chi connectivity index (χ1n) is 8.70. The average molecular weight is 391 g/mol. The number of alkyl halides is 3. The zero-order valence-corrected chi connectivity index (χ0v) is 16.0. The van der Waals surface area contributed by atoms with Crippen LogP contribution in [0.25, 0.3) is 11.1 Å². The van der Waals surface area contributed by atoms with Gasteiger partial charge in [0.1, 0.15) is 5.75 Å². The summed E-state index contributed by atoms with van der Waals surface area (Å²) < 4.78 is 41.8. The fourth-order valence-corrected chi connectivity index (χ4v) is 3.60. The number of benzene rings is 2. The van der Waals surface area contributed by atoms with Gasteiger partial charge < -0.3 is 9.64 Å². The lowest BCUT2D eigenvalue weighted by atomic mass is 9.76. The number of nitrogens with zero attached hydrogens (tertiary/aromatic N) is 1. The first-order chi connectivity index (χ1) is 12.9. The SMILES string of the molecule is Cc1cc2c(cc1-c1cc(OC(F)(F)F)ccc1C=O)N(C)C(=O)CC2(C)C. The number of aryl methyl sites for hydroxylation is 1. The molecule has 0 aliphatic carbocycles. The maximum absolute atomic E-state index is 12.6. The van der Waals surface area contributed by atoms with Crippen molar-refractivity contribution >= 4 is 17.9 Å². The van der Waals surface area contributed by atoms with E-state index in [1.54, 1.807) is 18.0 Å². The van der Waals surface area contributed by atoms with E-state index < -0.39 is 12.1 Å². The lowest BCUT2D eigenvalue weighted by Crippen LogP contribution is -2.39. The van der Waals surface area contributed by atoms with Gasteiger partial charge in [-0.05, 0) is 53.4 Å². The van der Waals surface area contributed by atoms with Gasteiger partial charge in [-0.15, -0.1) is 13.2 Å². The fraction of sp³-hybridized carbons (Fsp3) is 0.333. The molecule has 0 spiro atoms. The third kappa shape index (κ3) is 3.61. The van der Waals surface area contributed by atoms with Crippen molar-refractivity contribution in [3.05, 3.63) is 47.0 Å². The first-order valence-corrected chi connectivity index (χ1v) is 8.70. The number of anilines is 1. The largest absolute Gasteiger partial charge is 0.573 e. The molecule has 0 fully saturated rings. The monoisotopic (exact) mass is 391 g/mol. The quantitative estimate of drug-likeness (QED) is 0.691. The number of carbonyl (C=O) groups excluding carboxylic acids is 2. The molecule has 7 heteroatoms. The highest BCUT2D eigenvalue weighted by atomic mass is 19.4. The number of halogens is 3.